The lowest BCUT2D eigenvalue weighted by Crippen LogP contribution is -2.11. The number of pyridine rings is 1. The van der Waals surface area contributed by atoms with Crippen molar-refractivity contribution in [3.05, 3.63) is 37.1 Å². The molecule has 26 heavy (non-hydrogen) atoms. The third-order valence-corrected chi connectivity index (χ3v) is 6.50. The van der Waals surface area contributed by atoms with Crippen LogP contribution in [0.2, 0.25) is 0 Å². The van der Waals surface area contributed by atoms with Gasteiger partial charge in [0.1, 0.15) is 11.4 Å². The molecule has 0 aliphatic carbocycles. The standard InChI is InChI=1S/C16H14N8S2/c1-23-14-12(6-20-23)15(19-9-18-14)25-7-11-8-26-16-22-21-13(24(11)16)10-3-2-4-17-5-10/h2-6,9,11H,7-8H2,1H3/t11-/m0/s1. The molecular weight excluding hydrogens is 368 g/mol. The number of nitrogens with zero attached hydrogens (tertiary/aromatic N) is 8. The zero-order valence-corrected chi connectivity index (χ0v) is 15.5. The molecule has 8 nitrogen and oxygen atoms in total. The van der Waals surface area contributed by atoms with Crippen LogP contribution in [0.3, 0.4) is 0 Å². The van der Waals surface area contributed by atoms with Crippen molar-refractivity contribution in [3.63, 3.8) is 0 Å². The van der Waals surface area contributed by atoms with Crippen LogP contribution in [0.25, 0.3) is 22.4 Å². The Morgan fingerprint density at radius 1 is 1.27 bits per heavy atom. The van der Waals surface area contributed by atoms with Gasteiger partial charge in [0, 0.05) is 36.5 Å². The summed E-state index contributed by atoms with van der Waals surface area (Å²) in [5.74, 6) is 2.73. The van der Waals surface area contributed by atoms with Gasteiger partial charge in [0.05, 0.1) is 17.6 Å². The van der Waals surface area contributed by atoms with Crippen LogP contribution in [0.15, 0.2) is 47.2 Å². The Morgan fingerprint density at radius 3 is 3.12 bits per heavy atom. The van der Waals surface area contributed by atoms with Gasteiger partial charge in [0.25, 0.3) is 0 Å². The fourth-order valence-corrected chi connectivity index (χ4v) is 5.26. The Bertz CT molecular complexity index is 1070. The van der Waals surface area contributed by atoms with Crippen molar-refractivity contribution in [1.82, 2.24) is 39.5 Å². The molecule has 4 aromatic rings. The van der Waals surface area contributed by atoms with E-state index in [0.717, 1.165) is 44.1 Å². The van der Waals surface area contributed by atoms with E-state index in [1.807, 2.05) is 31.6 Å². The molecular formula is C16H14N8S2. The Morgan fingerprint density at radius 2 is 2.23 bits per heavy atom. The monoisotopic (exact) mass is 382 g/mol. The maximum Gasteiger partial charge on any atom is 0.191 e. The third-order valence-electron chi connectivity index (χ3n) is 4.26. The highest BCUT2D eigenvalue weighted by molar-refractivity contribution is 8.00. The van der Waals surface area contributed by atoms with Crippen LogP contribution >= 0.6 is 23.5 Å². The molecule has 0 fully saturated rings. The van der Waals surface area contributed by atoms with E-state index in [4.69, 9.17) is 0 Å². The minimum absolute atomic E-state index is 0.298. The normalized spacial score (nSPS) is 16.3. The zero-order valence-electron chi connectivity index (χ0n) is 13.8. The number of aromatic nitrogens is 8. The van der Waals surface area contributed by atoms with Crippen LogP contribution in [0.4, 0.5) is 0 Å². The zero-order chi connectivity index (χ0) is 17.5. The van der Waals surface area contributed by atoms with Gasteiger partial charge in [0.15, 0.2) is 16.6 Å². The van der Waals surface area contributed by atoms with Gasteiger partial charge in [-0.25, -0.2) is 9.97 Å². The smallest absolute Gasteiger partial charge is 0.191 e. The Kier molecular flexibility index (Phi) is 3.86. The van der Waals surface area contributed by atoms with Crippen molar-refractivity contribution in [2.75, 3.05) is 11.5 Å². The highest BCUT2D eigenvalue weighted by Crippen LogP contribution is 2.39. The van der Waals surface area contributed by atoms with E-state index in [9.17, 15) is 0 Å². The first kappa shape index (κ1) is 15.8. The lowest BCUT2D eigenvalue weighted by atomic mass is 10.2. The average molecular weight is 382 g/mol. The quantitative estimate of drug-likeness (QED) is 0.393. The lowest BCUT2D eigenvalue weighted by molar-refractivity contribution is 0.597. The van der Waals surface area contributed by atoms with Crippen LogP contribution < -0.4 is 0 Å². The number of hydrogen-bond acceptors (Lipinski definition) is 8. The second kappa shape index (κ2) is 6.36. The topological polar surface area (TPSA) is 87.2 Å². The maximum absolute atomic E-state index is 4.45. The molecule has 10 heteroatoms. The summed E-state index contributed by atoms with van der Waals surface area (Å²) in [5.41, 5.74) is 1.84. The van der Waals surface area contributed by atoms with Gasteiger partial charge in [-0.3, -0.25) is 14.2 Å². The summed E-state index contributed by atoms with van der Waals surface area (Å²) in [6.07, 6.45) is 7.02. The van der Waals surface area contributed by atoms with Crippen molar-refractivity contribution >= 4 is 34.6 Å². The van der Waals surface area contributed by atoms with Gasteiger partial charge in [-0.2, -0.15) is 5.10 Å². The van der Waals surface area contributed by atoms with E-state index >= 15 is 0 Å². The molecule has 0 N–H and O–H groups in total. The number of hydrogen-bond donors (Lipinski definition) is 0. The second-order valence-corrected chi connectivity index (χ2v) is 7.87. The molecule has 1 aliphatic heterocycles. The predicted octanol–water partition coefficient (Wildman–Crippen LogP) is 2.46. The van der Waals surface area contributed by atoms with E-state index < -0.39 is 0 Å². The molecule has 0 spiro atoms. The maximum atomic E-state index is 4.45. The van der Waals surface area contributed by atoms with Crippen LogP contribution in [0.1, 0.15) is 6.04 Å². The highest BCUT2D eigenvalue weighted by atomic mass is 32.2. The van der Waals surface area contributed by atoms with Gasteiger partial charge >= 0.3 is 0 Å². The number of thioether (sulfide) groups is 2. The molecule has 0 saturated carbocycles. The largest absolute Gasteiger partial charge is 0.297 e. The third kappa shape index (κ3) is 2.56. The van der Waals surface area contributed by atoms with Crippen molar-refractivity contribution in [2.24, 2.45) is 7.05 Å². The molecule has 4 aromatic heterocycles. The minimum Gasteiger partial charge on any atom is -0.297 e. The van der Waals surface area contributed by atoms with Crippen LogP contribution in [-0.2, 0) is 7.05 Å². The summed E-state index contributed by atoms with van der Waals surface area (Å²) in [4.78, 5) is 13.0. The summed E-state index contributed by atoms with van der Waals surface area (Å²) >= 11 is 3.46. The molecule has 130 valence electrons. The fraction of sp³-hybridized carbons (Fsp3) is 0.250. The molecule has 0 bridgehead atoms. The molecule has 0 aromatic carbocycles. The molecule has 5 rings (SSSR count). The first-order valence-corrected chi connectivity index (χ1v) is 10.0. The first-order chi connectivity index (χ1) is 12.8. The molecule has 1 atom stereocenters. The number of fused-ring (bicyclic) bond motifs is 2. The Labute approximate surface area is 157 Å². The van der Waals surface area contributed by atoms with Crippen molar-refractivity contribution in [1.29, 1.82) is 0 Å². The summed E-state index contributed by atoms with van der Waals surface area (Å²) in [6, 6.07) is 4.23. The van der Waals surface area contributed by atoms with Crippen LogP contribution in [0, 0.1) is 0 Å². The van der Waals surface area contributed by atoms with E-state index in [1.165, 1.54) is 0 Å². The van der Waals surface area contributed by atoms with Crippen LogP contribution in [-0.4, -0.2) is 51.0 Å². The van der Waals surface area contributed by atoms with E-state index in [1.54, 1.807) is 40.7 Å². The summed E-state index contributed by atoms with van der Waals surface area (Å²) in [6.45, 7) is 0. The van der Waals surface area contributed by atoms with E-state index in [-0.39, 0.29) is 0 Å². The minimum atomic E-state index is 0.298. The molecule has 0 radical (unpaired) electrons. The van der Waals surface area contributed by atoms with Crippen molar-refractivity contribution < 1.29 is 0 Å². The van der Waals surface area contributed by atoms with E-state index in [0.29, 0.717) is 6.04 Å². The van der Waals surface area contributed by atoms with Gasteiger partial charge < -0.3 is 0 Å². The Balaban J connectivity index is 1.43. The SMILES string of the molecule is Cn1ncc2c(SC[C@H]3CSc4nnc(-c5cccnc5)n43)ncnc21. The molecule has 0 amide bonds. The second-order valence-electron chi connectivity index (χ2n) is 5.88. The molecule has 5 heterocycles. The summed E-state index contributed by atoms with van der Waals surface area (Å²) < 4.78 is 3.99. The van der Waals surface area contributed by atoms with Gasteiger partial charge in [0.2, 0.25) is 0 Å². The van der Waals surface area contributed by atoms with Gasteiger partial charge in [-0.1, -0.05) is 11.8 Å². The van der Waals surface area contributed by atoms with Crippen molar-refractivity contribution in [3.8, 4) is 11.4 Å². The average Bonchev–Trinajstić information content (AvgIpc) is 3.37. The summed E-state index contributed by atoms with van der Waals surface area (Å²) in [7, 11) is 1.89. The molecule has 0 saturated heterocycles. The summed E-state index contributed by atoms with van der Waals surface area (Å²) in [5, 5.41) is 15.9. The fourth-order valence-electron chi connectivity index (χ4n) is 3.00. The number of aryl methyl sites for hydroxylation is 1. The lowest BCUT2D eigenvalue weighted by Gasteiger charge is -2.14. The number of rotatable bonds is 4. The molecule has 1 aliphatic rings. The first-order valence-electron chi connectivity index (χ1n) is 8.05. The predicted molar refractivity (Wildman–Crippen MR) is 100 cm³/mol. The van der Waals surface area contributed by atoms with E-state index in [2.05, 4.69) is 34.8 Å². The van der Waals surface area contributed by atoms with Crippen molar-refractivity contribution in [2.45, 2.75) is 16.2 Å². The van der Waals surface area contributed by atoms with Gasteiger partial charge in [-0.15, -0.1) is 22.0 Å². The highest BCUT2D eigenvalue weighted by Gasteiger charge is 2.29. The molecule has 0 unspecified atom stereocenters. The van der Waals surface area contributed by atoms with Crippen LogP contribution in [0.5, 0.6) is 0 Å². The Hall–Kier alpha value is -2.46. The van der Waals surface area contributed by atoms with Gasteiger partial charge in [-0.05, 0) is 12.1 Å².